The van der Waals surface area contributed by atoms with Gasteiger partial charge in [0.25, 0.3) is 0 Å². The monoisotopic (exact) mass is 271 g/mol. The van der Waals surface area contributed by atoms with Gasteiger partial charge >= 0.3 is 0 Å². The van der Waals surface area contributed by atoms with Crippen LogP contribution in [0.1, 0.15) is 26.6 Å². The Balaban J connectivity index is 2.57. The van der Waals surface area contributed by atoms with E-state index in [1.807, 2.05) is 13.0 Å². The molecule has 1 unspecified atom stereocenters. The summed E-state index contributed by atoms with van der Waals surface area (Å²) >= 11 is 3.36. The quantitative estimate of drug-likeness (QED) is 0.855. The fraction of sp³-hybridized carbons (Fsp3) is 0.636. The lowest BCUT2D eigenvalue weighted by atomic mass is 9.98. The Morgan fingerprint density at radius 2 is 2.00 bits per heavy atom. The minimum Gasteiger partial charge on any atom is -0.370 e. The molecule has 1 aromatic heterocycles. The molecule has 0 saturated carbocycles. The molecule has 0 aliphatic heterocycles. The second-order valence-electron chi connectivity index (χ2n) is 4.23. The van der Waals surface area contributed by atoms with Crippen molar-refractivity contribution in [3.8, 4) is 0 Å². The van der Waals surface area contributed by atoms with Crippen molar-refractivity contribution >= 4 is 21.7 Å². The Bertz CT molecular complexity index is 305. The van der Waals surface area contributed by atoms with Gasteiger partial charge in [0.2, 0.25) is 0 Å². The molecule has 0 fully saturated rings. The fourth-order valence-corrected chi connectivity index (χ4v) is 1.60. The first-order valence-corrected chi connectivity index (χ1v) is 6.03. The molecule has 1 rings (SSSR count). The molecule has 84 valence electrons. The number of halogens is 1. The van der Waals surface area contributed by atoms with Crippen molar-refractivity contribution in [2.24, 2.45) is 11.8 Å². The van der Waals surface area contributed by atoms with Crippen molar-refractivity contribution in [1.29, 1.82) is 0 Å². The first-order chi connectivity index (χ1) is 6.99. The van der Waals surface area contributed by atoms with Gasteiger partial charge in [0, 0.05) is 12.6 Å². The van der Waals surface area contributed by atoms with Crippen LogP contribution in [0.4, 0.5) is 5.82 Å². The number of hydrogen-bond acceptors (Lipinski definition) is 3. The molecule has 0 radical (unpaired) electrons. The molecule has 15 heavy (non-hydrogen) atoms. The van der Waals surface area contributed by atoms with Gasteiger partial charge in [-0.05, 0) is 34.7 Å². The summed E-state index contributed by atoms with van der Waals surface area (Å²) in [6.45, 7) is 9.53. The maximum atomic E-state index is 4.31. The lowest BCUT2D eigenvalue weighted by Crippen LogP contribution is -2.17. The van der Waals surface area contributed by atoms with Gasteiger partial charge in [-0.2, -0.15) is 0 Å². The van der Waals surface area contributed by atoms with Crippen LogP contribution in [0.15, 0.2) is 10.7 Å². The van der Waals surface area contributed by atoms with E-state index in [-0.39, 0.29) is 0 Å². The van der Waals surface area contributed by atoms with Crippen LogP contribution in [0, 0.1) is 18.8 Å². The van der Waals surface area contributed by atoms with Gasteiger partial charge in [0.15, 0.2) is 0 Å². The standard InChI is InChI=1S/C11H18BrN3/c1-7(2)8(3)6-13-11-5-10(12)14-9(4)15-11/h5,7-8H,6H2,1-4H3,(H,13,14,15). The van der Waals surface area contributed by atoms with E-state index in [0.29, 0.717) is 11.8 Å². The maximum absolute atomic E-state index is 4.31. The van der Waals surface area contributed by atoms with Crippen molar-refractivity contribution in [2.75, 3.05) is 11.9 Å². The summed E-state index contributed by atoms with van der Waals surface area (Å²) in [5, 5.41) is 3.33. The molecule has 4 heteroatoms. The molecule has 0 saturated heterocycles. The van der Waals surface area contributed by atoms with Crippen LogP contribution in [0.3, 0.4) is 0 Å². The summed E-state index contributed by atoms with van der Waals surface area (Å²) < 4.78 is 0.828. The van der Waals surface area contributed by atoms with Gasteiger partial charge in [-0.25, -0.2) is 9.97 Å². The van der Waals surface area contributed by atoms with E-state index >= 15 is 0 Å². The summed E-state index contributed by atoms with van der Waals surface area (Å²) in [7, 11) is 0. The normalized spacial score (nSPS) is 12.9. The summed E-state index contributed by atoms with van der Waals surface area (Å²) in [5.41, 5.74) is 0. The molecule has 3 nitrogen and oxygen atoms in total. The molecule has 0 aliphatic rings. The number of rotatable bonds is 4. The summed E-state index contributed by atoms with van der Waals surface area (Å²) in [6, 6.07) is 1.90. The van der Waals surface area contributed by atoms with E-state index in [2.05, 4.69) is 52.0 Å². The van der Waals surface area contributed by atoms with Crippen LogP contribution in [0.2, 0.25) is 0 Å². The summed E-state index contributed by atoms with van der Waals surface area (Å²) in [6.07, 6.45) is 0. The third-order valence-electron chi connectivity index (χ3n) is 2.55. The van der Waals surface area contributed by atoms with Crippen LogP contribution in [0.25, 0.3) is 0 Å². The fourth-order valence-electron chi connectivity index (χ4n) is 1.12. The van der Waals surface area contributed by atoms with Crippen LogP contribution in [-0.2, 0) is 0 Å². The predicted molar refractivity (Wildman–Crippen MR) is 67.0 cm³/mol. The number of aryl methyl sites for hydroxylation is 1. The van der Waals surface area contributed by atoms with E-state index in [9.17, 15) is 0 Å². The van der Waals surface area contributed by atoms with E-state index in [1.54, 1.807) is 0 Å². The number of nitrogens with zero attached hydrogens (tertiary/aromatic N) is 2. The van der Waals surface area contributed by atoms with E-state index < -0.39 is 0 Å². The Labute approximate surface area is 99.8 Å². The summed E-state index contributed by atoms with van der Waals surface area (Å²) in [4.78, 5) is 8.48. The van der Waals surface area contributed by atoms with Gasteiger partial charge in [-0.15, -0.1) is 0 Å². The van der Waals surface area contributed by atoms with Crippen molar-refractivity contribution in [2.45, 2.75) is 27.7 Å². The predicted octanol–water partition coefficient (Wildman–Crippen LogP) is 3.25. The van der Waals surface area contributed by atoms with Crippen molar-refractivity contribution < 1.29 is 0 Å². The van der Waals surface area contributed by atoms with E-state index in [1.165, 1.54) is 0 Å². The molecule has 0 aliphatic carbocycles. The highest BCUT2D eigenvalue weighted by molar-refractivity contribution is 9.10. The topological polar surface area (TPSA) is 37.8 Å². The molecule has 1 atom stereocenters. The van der Waals surface area contributed by atoms with Crippen molar-refractivity contribution in [3.63, 3.8) is 0 Å². The second kappa shape index (κ2) is 5.45. The van der Waals surface area contributed by atoms with Crippen LogP contribution < -0.4 is 5.32 Å². The number of hydrogen-bond donors (Lipinski definition) is 1. The second-order valence-corrected chi connectivity index (χ2v) is 5.04. The third kappa shape index (κ3) is 4.16. The molecule has 0 amide bonds. The van der Waals surface area contributed by atoms with E-state index in [0.717, 1.165) is 22.8 Å². The van der Waals surface area contributed by atoms with Gasteiger partial charge in [0.05, 0.1) is 0 Å². The maximum Gasteiger partial charge on any atom is 0.130 e. The van der Waals surface area contributed by atoms with E-state index in [4.69, 9.17) is 0 Å². The van der Waals surface area contributed by atoms with Gasteiger partial charge in [0.1, 0.15) is 16.2 Å². The largest absolute Gasteiger partial charge is 0.370 e. The first kappa shape index (κ1) is 12.4. The zero-order chi connectivity index (χ0) is 11.4. The zero-order valence-electron chi connectivity index (χ0n) is 9.71. The highest BCUT2D eigenvalue weighted by atomic mass is 79.9. The third-order valence-corrected chi connectivity index (χ3v) is 2.96. The molecule has 0 bridgehead atoms. The molecular formula is C11H18BrN3. The average molecular weight is 272 g/mol. The van der Waals surface area contributed by atoms with Crippen LogP contribution in [-0.4, -0.2) is 16.5 Å². The Hall–Kier alpha value is -0.640. The van der Waals surface area contributed by atoms with Crippen LogP contribution in [0.5, 0.6) is 0 Å². The molecule has 0 spiro atoms. The highest BCUT2D eigenvalue weighted by Gasteiger charge is 2.07. The molecule has 0 aromatic carbocycles. The molecule has 1 heterocycles. The Morgan fingerprint density at radius 1 is 1.33 bits per heavy atom. The molecular weight excluding hydrogens is 254 g/mol. The number of nitrogens with one attached hydrogen (secondary N) is 1. The number of aromatic nitrogens is 2. The molecule has 1 N–H and O–H groups in total. The van der Waals surface area contributed by atoms with Gasteiger partial charge < -0.3 is 5.32 Å². The first-order valence-electron chi connectivity index (χ1n) is 5.24. The minimum atomic E-state index is 0.638. The van der Waals surface area contributed by atoms with Crippen LogP contribution >= 0.6 is 15.9 Å². The Kier molecular flexibility index (Phi) is 4.51. The zero-order valence-corrected chi connectivity index (χ0v) is 11.3. The van der Waals surface area contributed by atoms with Crippen molar-refractivity contribution in [1.82, 2.24) is 9.97 Å². The number of anilines is 1. The average Bonchev–Trinajstić information content (AvgIpc) is 2.12. The molecule has 1 aromatic rings. The van der Waals surface area contributed by atoms with Gasteiger partial charge in [-0.3, -0.25) is 0 Å². The smallest absolute Gasteiger partial charge is 0.130 e. The minimum absolute atomic E-state index is 0.638. The summed E-state index contributed by atoms with van der Waals surface area (Å²) in [5.74, 6) is 2.99. The SMILES string of the molecule is Cc1nc(Br)cc(NCC(C)C(C)C)n1. The highest BCUT2D eigenvalue weighted by Crippen LogP contribution is 2.14. The van der Waals surface area contributed by atoms with Gasteiger partial charge in [-0.1, -0.05) is 20.8 Å². The lowest BCUT2D eigenvalue weighted by molar-refractivity contribution is 0.439. The van der Waals surface area contributed by atoms with Crippen molar-refractivity contribution in [3.05, 3.63) is 16.5 Å². The lowest BCUT2D eigenvalue weighted by Gasteiger charge is -2.16. The Morgan fingerprint density at radius 3 is 2.53 bits per heavy atom.